The number of hydrogen-bond donors (Lipinski definition) is 1. The third kappa shape index (κ3) is 9.28. The van der Waals surface area contributed by atoms with Gasteiger partial charge in [-0.1, -0.05) is 60.7 Å². The highest BCUT2D eigenvalue weighted by molar-refractivity contribution is 5.88. The van der Waals surface area contributed by atoms with Crippen molar-refractivity contribution in [3.8, 4) is 11.5 Å². The average Bonchev–Trinajstić information content (AvgIpc) is 2.94. The molecule has 0 fully saturated rings. The number of methoxy groups -OCH3 is 1. The number of rotatable bonds is 15. The summed E-state index contributed by atoms with van der Waals surface area (Å²) in [5.41, 5.74) is 1.85. The number of carbonyl (C=O) groups excluding carboxylic acids is 2. The van der Waals surface area contributed by atoms with Gasteiger partial charge in [0.1, 0.15) is 17.5 Å². The second-order valence-corrected chi connectivity index (χ2v) is 8.52. The fourth-order valence-corrected chi connectivity index (χ4v) is 3.87. The molecule has 0 saturated carbocycles. The first-order valence-electron chi connectivity index (χ1n) is 12.6. The molecule has 7 nitrogen and oxygen atoms in total. The number of benzene rings is 3. The molecule has 1 N–H and O–H groups in total. The maximum absolute atomic E-state index is 13.6. The van der Waals surface area contributed by atoms with E-state index in [2.05, 4.69) is 5.32 Å². The van der Waals surface area contributed by atoms with Crippen LogP contribution >= 0.6 is 0 Å². The lowest BCUT2D eigenvalue weighted by atomic mass is 10.0. The van der Waals surface area contributed by atoms with E-state index >= 15 is 0 Å². The second-order valence-electron chi connectivity index (χ2n) is 8.52. The molecule has 37 heavy (non-hydrogen) atoms. The molecular formula is C30H36N2O5. The first-order valence-corrected chi connectivity index (χ1v) is 12.6. The Hall–Kier alpha value is -3.84. The van der Waals surface area contributed by atoms with E-state index in [-0.39, 0.29) is 25.0 Å². The van der Waals surface area contributed by atoms with Crippen LogP contribution in [0.5, 0.6) is 11.5 Å². The zero-order chi connectivity index (χ0) is 26.3. The van der Waals surface area contributed by atoms with Crippen LogP contribution in [0.4, 0.5) is 0 Å². The van der Waals surface area contributed by atoms with Crippen molar-refractivity contribution in [2.45, 2.75) is 32.4 Å². The molecule has 0 heterocycles. The molecule has 3 rings (SSSR count). The van der Waals surface area contributed by atoms with Gasteiger partial charge in [0.2, 0.25) is 5.91 Å². The van der Waals surface area contributed by atoms with E-state index in [1.807, 2.05) is 79.7 Å². The second kappa shape index (κ2) is 15.3. The van der Waals surface area contributed by atoms with Crippen LogP contribution in [0.1, 0.15) is 24.5 Å². The third-order valence-electron chi connectivity index (χ3n) is 5.86. The first-order chi connectivity index (χ1) is 18.1. The predicted octanol–water partition coefficient (Wildman–Crippen LogP) is 4.26. The molecule has 0 spiro atoms. The van der Waals surface area contributed by atoms with Gasteiger partial charge in [0.15, 0.2) is 6.61 Å². The molecule has 1 unspecified atom stereocenters. The van der Waals surface area contributed by atoms with Gasteiger partial charge in [-0.2, -0.15) is 0 Å². The summed E-state index contributed by atoms with van der Waals surface area (Å²) in [5, 5.41) is 3.00. The number of amides is 2. The minimum atomic E-state index is -0.719. The fourth-order valence-electron chi connectivity index (χ4n) is 3.87. The van der Waals surface area contributed by atoms with Gasteiger partial charge in [-0.3, -0.25) is 9.59 Å². The summed E-state index contributed by atoms with van der Waals surface area (Å²) < 4.78 is 16.4. The van der Waals surface area contributed by atoms with Crippen molar-refractivity contribution in [3.05, 3.63) is 96.1 Å². The molecule has 0 aromatic heterocycles. The largest absolute Gasteiger partial charge is 0.497 e. The quantitative estimate of drug-likeness (QED) is 0.313. The van der Waals surface area contributed by atoms with Crippen LogP contribution in [-0.2, 0) is 27.3 Å². The van der Waals surface area contributed by atoms with E-state index in [4.69, 9.17) is 14.2 Å². The molecule has 0 aliphatic rings. The molecule has 3 aromatic carbocycles. The van der Waals surface area contributed by atoms with E-state index in [9.17, 15) is 9.59 Å². The Morgan fingerprint density at radius 1 is 0.865 bits per heavy atom. The topological polar surface area (TPSA) is 77.1 Å². The van der Waals surface area contributed by atoms with Crippen LogP contribution in [-0.4, -0.2) is 56.2 Å². The molecule has 0 aliphatic heterocycles. The van der Waals surface area contributed by atoms with Crippen molar-refractivity contribution in [2.24, 2.45) is 0 Å². The first kappa shape index (κ1) is 27.7. The Morgan fingerprint density at radius 2 is 1.54 bits per heavy atom. The van der Waals surface area contributed by atoms with Gasteiger partial charge in [0, 0.05) is 32.7 Å². The molecule has 3 aromatic rings. The van der Waals surface area contributed by atoms with Crippen LogP contribution in [0.3, 0.4) is 0 Å². The molecule has 0 saturated heterocycles. The molecule has 7 heteroatoms. The maximum atomic E-state index is 13.6. The predicted molar refractivity (Wildman–Crippen MR) is 144 cm³/mol. The smallest absolute Gasteiger partial charge is 0.261 e. The Kier molecular flexibility index (Phi) is 11.5. The van der Waals surface area contributed by atoms with E-state index in [0.29, 0.717) is 38.3 Å². The van der Waals surface area contributed by atoms with E-state index < -0.39 is 6.04 Å². The van der Waals surface area contributed by atoms with E-state index in [1.54, 1.807) is 24.1 Å². The number of nitrogens with one attached hydrogen (secondary N) is 1. The minimum absolute atomic E-state index is 0.178. The summed E-state index contributed by atoms with van der Waals surface area (Å²) in [7, 11) is 1.61. The molecule has 0 bridgehead atoms. The van der Waals surface area contributed by atoms with Gasteiger partial charge in [0.05, 0.1) is 7.11 Å². The summed E-state index contributed by atoms with van der Waals surface area (Å²) in [5.74, 6) is 0.842. The summed E-state index contributed by atoms with van der Waals surface area (Å²) >= 11 is 0. The number of para-hydroxylation sites is 1. The lowest BCUT2D eigenvalue weighted by Crippen LogP contribution is -2.51. The average molecular weight is 505 g/mol. The molecule has 2 amide bonds. The standard InChI is InChI=1S/C30H36N2O5/c1-3-36-20-10-19-31-30(34)28(21-24-11-6-4-7-12-24)32(22-25-15-17-26(35-2)18-16-25)29(33)23-37-27-13-8-5-9-14-27/h4-9,11-18,28H,3,10,19-23H2,1-2H3,(H,31,34). The Morgan fingerprint density at radius 3 is 2.19 bits per heavy atom. The van der Waals surface area contributed by atoms with E-state index in [0.717, 1.165) is 16.9 Å². The Balaban J connectivity index is 1.84. The zero-order valence-corrected chi connectivity index (χ0v) is 21.6. The zero-order valence-electron chi connectivity index (χ0n) is 21.6. The van der Waals surface area contributed by atoms with Crippen molar-refractivity contribution >= 4 is 11.8 Å². The molecule has 1 atom stereocenters. The van der Waals surface area contributed by atoms with Gasteiger partial charge in [-0.25, -0.2) is 0 Å². The molecule has 0 aliphatic carbocycles. The molecule has 0 radical (unpaired) electrons. The third-order valence-corrected chi connectivity index (χ3v) is 5.86. The Labute approximate surface area is 219 Å². The van der Waals surface area contributed by atoms with Gasteiger partial charge >= 0.3 is 0 Å². The lowest BCUT2D eigenvalue weighted by Gasteiger charge is -2.31. The van der Waals surface area contributed by atoms with Gasteiger partial charge in [-0.15, -0.1) is 0 Å². The van der Waals surface area contributed by atoms with Gasteiger partial charge in [-0.05, 0) is 48.7 Å². The summed E-state index contributed by atoms with van der Waals surface area (Å²) in [6, 6.07) is 25.7. The highest BCUT2D eigenvalue weighted by Crippen LogP contribution is 2.18. The van der Waals surface area contributed by atoms with Crippen molar-refractivity contribution in [1.29, 1.82) is 0 Å². The van der Waals surface area contributed by atoms with Crippen LogP contribution in [0.15, 0.2) is 84.9 Å². The van der Waals surface area contributed by atoms with Gasteiger partial charge < -0.3 is 24.4 Å². The summed E-state index contributed by atoms with van der Waals surface area (Å²) in [6.45, 7) is 3.69. The SMILES string of the molecule is CCOCCCNC(=O)C(Cc1ccccc1)N(Cc1ccc(OC)cc1)C(=O)COc1ccccc1. The summed E-state index contributed by atoms with van der Waals surface area (Å²) in [6.07, 6.45) is 1.08. The van der Waals surface area contributed by atoms with E-state index in [1.165, 1.54) is 0 Å². The highest BCUT2D eigenvalue weighted by Gasteiger charge is 2.30. The highest BCUT2D eigenvalue weighted by atomic mass is 16.5. The molecular weight excluding hydrogens is 468 g/mol. The minimum Gasteiger partial charge on any atom is -0.497 e. The number of hydrogen-bond acceptors (Lipinski definition) is 5. The van der Waals surface area contributed by atoms with Gasteiger partial charge in [0.25, 0.3) is 5.91 Å². The number of carbonyl (C=O) groups is 2. The number of nitrogens with zero attached hydrogens (tertiary/aromatic N) is 1. The van der Waals surface area contributed by atoms with Crippen LogP contribution in [0.25, 0.3) is 0 Å². The summed E-state index contributed by atoms with van der Waals surface area (Å²) in [4.78, 5) is 28.7. The normalized spacial score (nSPS) is 11.4. The van der Waals surface area contributed by atoms with Crippen LogP contribution in [0.2, 0.25) is 0 Å². The number of ether oxygens (including phenoxy) is 3. The van der Waals surface area contributed by atoms with Crippen LogP contribution < -0.4 is 14.8 Å². The Bertz CT molecular complexity index is 1070. The maximum Gasteiger partial charge on any atom is 0.261 e. The van der Waals surface area contributed by atoms with Crippen molar-refractivity contribution in [1.82, 2.24) is 10.2 Å². The van der Waals surface area contributed by atoms with Crippen molar-refractivity contribution < 1.29 is 23.8 Å². The fraction of sp³-hybridized carbons (Fsp3) is 0.333. The van der Waals surface area contributed by atoms with Crippen molar-refractivity contribution in [3.63, 3.8) is 0 Å². The van der Waals surface area contributed by atoms with Crippen molar-refractivity contribution in [2.75, 3.05) is 33.5 Å². The lowest BCUT2D eigenvalue weighted by molar-refractivity contribution is -0.142. The molecule has 196 valence electrons. The van der Waals surface area contributed by atoms with Crippen LogP contribution in [0, 0.1) is 0 Å². The monoisotopic (exact) mass is 504 g/mol.